The molecule has 1 rings (SSSR count). The highest BCUT2D eigenvalue weighted by molar-refractivity contribution is 7.09. The van der Waals surface area contributed by atoms with E-state index in [2.05, 4.69) is 23.9 Å². The third-order valence-electron chi connectivity index (χ3n) is 3.73. The fraction of sp³-hybridized carbons (Fsp3) is 0.812. The molecule has 1 heterocycles. The number of hydrogen-bond donors (Lipinski definition) is 1. The molecule has 0 aliphatic carbocycles. The van der Waals surface area contributed by atoms with Gasteiger partial charge in [-0.25, -0.2) is 0 Å². The highest BCUT2D eigenvalue weighted by Crippen LogP contribution is 2.19. The topological polar surface area (TPSA) is 24.1 Å². The SMILES string of the molecule is CCCCCCCCCC[n+]1csc(C(C)O)c1C.[I-]. The Bertz CT molecular complexity index is 352. The molecule has 0 radical (unpaired) electrons. The molecule has 0 spiro atoms. The van der Waals surface area contributed by atoms with Crippen LogP contribution >= 0.6 is 11.3 Å². The second-order valence-corrected chi connectivity index (χ2v) is 6.40. The maximum Gasteiger partial charge on any atom is 0.225 e. The molecule has 1 N–H and O–H groups in total. The minimum absolute atomic E-state index is 0. The molecule has 20 heavy (non-hydrogen) atoms. The van der Waals surface area contributed by atoms with Crippen LogP contribution in [-0.4, -0.2) is 5.11 Å². The number of halogens is 1. The van der Waals surface area contributed by atoms with Crippen LogP contribution in [0.15, 0.2) is 5.51 Å². The lowest BCUT2D eigenvalue weighted by Crippen LogP contribution is -3.00. The van der Waals surface area contributed by atoms with Crippen molar-refractivity contribution in [3.63, 3.8) is 0 Å². The molecule has 0 aliphatic rings. The van der Waals surface area contributed by atoms with E-state index in [-0.39, 0.29) is 30.1 Å². The Labute approximate surface area is 145 Å². The molecule has 1 unspecified atom stereocenters. The molecule has 1 aromatic rings. The second kappa shape index (κ2) is 11.9. The molecule has 1 atom stereocenters. The summed E-state index contributed by atoms with van der Waals surface area (Å²) in [5.41, 5.74) is 3.39. The summed E-state index contributed by atoms with van der Waals surface area (Å²) < 4.78 is 2.30. The Morgan fingerprint density at radius 2 is 1.65 bits per heavy atom. The van der Waals surface area contributed by atoms with E-state index in [0.717, 1.165) is 11.4 Å². The van der Waals surface area contributed by atoms with Crippen LogP contribution in [0.2, 0.25) is 0 Å². The van der Waals surface area contributed by atoms with Gasteiger partial charge in [0.05, 0.1) is 6.10 Å². The molecular weight excluding hydrogens is 381 g/mol. The first kappa shape index (κ1) is 20.3. The molecule has 0 amide bonds. The van der Waals surface area contributed by atoms with Crippen molar-refractivity contribution in [3.05, 3.63) is 16.1 Å². The Morgan fingerprint density at radius 3 is 2.15 bits per heavy atom. The predicted octanol–water partition coefficient (Wildman–Crippen LogP) is 1.54. The van der Waals surface area contributed by atoms with Crippen molar-refractivity contribution in [2.24, 2.45) is 0 Å². The van der Waals surface area contributed by atoms with Crippen LogP contribution in [0.1, 0.15) is 81.9 Å². The van der Waals surface area contributed by atoms with Gasteiger partial charge in [0.15, 0.2) is 5.69 Å². The number of aromatic nitrogens is 1. The first-order valence-electron chi connectivity index (χ1n) is 7.82. The maximum atomic E-state index is 9.63. The lowest BCUT2D eigenvalue weighted by Gasteiger charge is -2.01. The molecule has 0 saturated heterocycles. The van der Waals surface area contributed by atoms with Crippen molar-refractivity contribution < 1.29 is 33.7 Å². The Balaban J connectivity index is 0.00000361. The van der Waals surface area contributed by atoms with Crippen LogP contribution in [-0.2, 0) is 6.54 Å². The summed E-state index contributed by atoms with van der Waals surface area (Å²) >= 11 is 1.67. The molecule has 2 nitrogen and oxygen atoms in total. The monoisotopic (exact) mass is 411 g/mol. The van der Waals surface area contributed by atoms with Crippen LogP contribution in [0.25, 0.3) is 0 Å². The van der Waals surface area contributed by atoms with Crippen LogP contribution in [0.5, 0.6) is 0 Å². The minimum atomic E-state index is -0.329. The van der Waals surface area contributed by atoms with Crippen LogP contribution in [0, 0.1) is 6.92 Å². The molecule has 0 aliphatic heterocycles. The normalized spacial score (nSPS) is 12.2. The molecule has 0 saturated carbocycles. The van der Waals surface area contributed by atoms with Gasteiger partial charge in [0.25, 0.3) is 0 Å². The van der Waals surface area contributed by atoms with Crippen molar-refractivity contribution in [2.45, 2.75) is 84.8 Å². The molecule has 4 heteroatoms. The van der Waals surface area contributed by atoms with Crippen molar-refractivity contribution in [1.82, 2.24) is 0 Å². The number of rotatable bonds is 10. The quantitative estimate of drug-likeness (QED) is 0.353. The standard InChI is InChI=1S/C16H30NOS.HI/c1-4-5-6-7-8-9-10-11-12-17-13-19-16(14(17)2)15(3)18;/h13,15,18H,4-12H2,1-3H3;1H/q+1;/p-1. The second-order valence-electron chi connectivity index (χ2n) is 5.52. The van der Waals surface area contributed by atoms with Gasteiger partial charge in [-0.3, -0.25) is 0 Å². The highest BCUT2D eigenvalue weighted by atomic mass is 127. The van der Waals surface area contributed by atoms with Crippen molar-refractivity contribution in [2.75, 3.05) is 0 Å². The maximum absolute atomic E-state index is 9.63. The van der Waals surface area contributed by atoms with Gasteiger partial charge in [-0.2, -0.15) is 4.57 Å². The van der Waals surface area contributed by atoms with E-state index in [1.165, 1.54) is 57.1 Å². The zero-order chi connectivity index (χ0) is 14.1. The van der Waals surface area contributed by atoms with Gasteiger partial charge in [-0.1, -0.05) is 56.8 Å². The molecule has 0 fully saturated rings. The van der Waals surface area contributed by atoms with Crippen molar-refractivity contribution >= 4 is 11.3 Å². The van der Waals surface area contributed by atoms with Crippen LogP contribution in [0.3, 0.4) is 0 Å². The number of unbranched alkanes of at least 4 members (excludes halogenated alkanes) is 7. The molecule has 118 valence electrons. The summed E-state index contributed by atoms with van der Waals surface area (Å²) in [6.07, 6.45) is 10.6. The van der Waals surface area contributed by atoms with E-state index in [1.54, 1.807) is 11.3 Å². The number of aliphatic hydroxyl groups excluding tert-OH is 1. The van der Waals surface area contributed by atoms with Gasteiger partial charge in [0, 0.05) is 13.3 Å². The van der Waals surface area contributed by atoms with Gasteiger partial charge < -0.3 is 29.1 Å². The van der Waals surface area contributed by atoms with Gasteiger partial charge >= 0.3 is 0 Å². The average Bonchev–Trinajstić information content (AvgIpc) is 2.74. The van der Waals surface area contributed by atoms with Crippen LogP contribution < -0.4 is 28.5 Å². The fourth-order valence-corrected chi connectivity index (χ4v) is 3.45. The van der Waals surface area contributed by atoms with Gasteiger partial charge in [-0.15, -0.1) is 0 Å². The fourth-order valence-electron chi connectivity index (χ4n) is 2.46. The smallest absolute Gasteiger partial charge is 0.225 e. The number of hydrogen-bond acceptors (Lipinski definition) is 2. The molecule has 0 bridgehead atoms. The summed E-state index contributed by atoms with van der Waals surface area (Å²) in [6, 6.07) is 0. The zero-order valence-corrected chi connectivity index (χ0v) is 16.2. The van der Waals surface area contributed by atoms with E-state index >= 15 is 0 Å². The first-order chi connectivity index (χ1) is 9.16. The number of aliphatic hydroxyl groups is 1. The number of aryl methyl sites for hydroxylation is 1. The Morgan fingerprint density at radius 1 is 1.10 bits per heavy atom. The predicted molar refractivity (Wildman–Crippen MR) is 82.5 cm³/mol. The van der Waals surface area contributed by atoms with E-state index in [9.17, 15) is 5.11 Å². The van der Waals surface area contributed by atoms with Crippen molar-refractivity contribution in [1.29, 1.82) is 0 Å². The summed E-state index contributed by atoms with van der Waals surface area (Å²) in [4.78, 5) is 1.11. The van der Waals surface area contributed by atoms with E-state index in [1.807, 2.05) is 6.92 Å². The molecule has 0 aromatic carbocycles. The van der Waals surface area contributed by atoms with Crippen LogP contribution in [0.4, 0.5) is 0 Å². The van der Waals surface area contributed by atoms with E-state index in [4.69, 9.17) is 0 Å². The Kier molecular flexibility index (Phi) is 12.1. The van der Waals surface area contributed by atoms with E-state index < -0.39 is 0 Å². The third kappa shape index (κ3) is 7.36. The number of thiazole rings is 1. The lowest BCUT2D eigenvalue weighted by molar-refractivity contribution is -0.698. The van der Waals surface area contributed by atoms with E-state index in [0.29, 0.717) is 0 Å². The number of nitrogens with zero attached hydrogens (tertiary/aromatic N) is 1. The third-order valence-corrected chi connectivity index (χ3v) is 4.98. The first-order valence-corrected chi connectivity index (χ1v) is 8.70. The summed E-state index contributed by atoms with van der Waals surface area (Å²) in [5.74, 6) is 0. The minimum Gasteiger partial charge on any atom is -1.00 e. The Hall–Kier alpha value is 0.320. The lowest BCUT2D eigenvalue weighted by atomic mass is 10.1. The summed E-state index contributed by atoms with van der Waals surface area (Å²) in [7, 11) is 0. The summed E-state index contributed by atoms with van der Waals surface area (Å²) in [5, 5.41) is 9.63. The van der Waals surface area contributed by atoms with Gasteiger partial charge in [0.1, 0.15) is 11.4 Å². The zero-order valence-electron chi connectivity index (χ0n) is 13.2. The largest absolute Gasteiger partial charge is 1.00 e. The van der Waals surface area contributed by atoms with Gasteiger partial charge in [0.2, 0.25) is 5.51 Å². The molecule has 1 aromatic heterocycles. The average molecular weight is 411 g/mol. The molecular formula is C16H30INOS. The summed E-state index contributed by atoms with van der Waals surface area (Å²) in [6.45, 7) is 7.33. The van der Waals surface area contributed by atoms with Crippen molar-refractivity contribution in [3.8, 4) is 0 Å². The van der Waals surface area contributed by atoms with Gasteiger partial charge in [-0.05, 0) is 13.3 Å². The highest BCUT2D eigenvalue weighted by Gasteiger charge is 2.17.